The Morgan fingerprint density at radius 3 is 2.64 bits per heavy atom. The van der Waals surface area contributed by atoms with Crippen molar-refractivity contribution in [3.63, 3.8) is 0 Å². The van der Waals surface area contributed by atoms with Gasteiger partial charge in [-0.3, -0.25) is 0 Å². The highest BCUT2D eigenvalue weighted by Crippen LogP contribution is 2.14. The SMILES string of the molecule is CCCCCCNC1CC(C)N(C)C1. The summed E-state index contributed by atoms with van der Waals surface area (Å²) in [6.07, 6.45) is 6.79. The fourth-order valence-electron chi connectivity index (χ4n) is 2.20. The number of hydrogen-bond donors (Lipinski definition) is 1. The number of likely N-dealkylation sites (tertiary alicyclic amines) is 1. The Hall–Kier alpha value is -0.0800. The molecule has 14 heavy (non-hydrogen) atoms. The van der Waals surface area contributed by atoms with E-state index in [4.69, 9.17) is 0 Å². The molecule has 0 spiro atoms. The summed E-state index contributed by atoms with van der Waals surface area (Å²) >= 11 is 0. The Kier molecular flexibility index (Phi) is 5.49. The molecule has 1 aliphatic rings. The minimum absolute atomic E-state index is 0.747. The molecule has 0 saturated carbocycles. The van der Waals surface area contributed by atoms with Crippen LogP contribution in [-0.4, -0.2) is 37.1 Å². The Morgan fingerprint density at radius 1 is 1.29 bits per heavy atom. The summed E-state index contributed by atoms with van der Waals surface area (Å²) in [5, 5.41) is 3.66. The van der Waals surface area contributed by atoms with Crippen LogP contribution >= 0.6 is 0 Å². The highest BCUT2D eigenvalue weighted by molar-refractivity contribution is 4.84. The van der Waals surface area contributed by atoms with Gasteiger partial charge in [-0.05, 0) is 33.4 Å². The monoisotopic (exact) mass is 198 g/mol. The lowest BCUT2D eigenvalue weighted by Gasteiger charge is -2.13. The maximum atomic E-state index is 3.66. The molecule has 0 aliphatic carbocycles. The van der Waals surface area contributed by atoms with Crippen molar-refractivity contribution in [2.24, 2.45) is 0 Å². The van der Waals surface area contributed by atoms with Crippen LogP contribution in [0.1, 0.15) is 46.0 Å². The van der Waals surface area contributed by atoms with Gasteiger partial charge in [0.05, 0.1) is 0 Å². The molecule has 0 bridgehead atoms. The maximum Gasteiger partial charge on any atom is 0.0209 e. The van der Waals surface area contributed by atoms with Gasteiger partial charge >= 0.3 is 0 Å². The van der Waals surface area contributed by atoms with Gasteiger partial charge in [-0.1, -0.05) is 26.2 Å². The Labute approximate surface area is 89.1 Å². The van der Waals surface area contributed by atoms with E-state index in [0.29, 0.717) is 0 Å². The van der Waals surface area contributed by atoms with Crippen LogP contribution in [0.2, 0.25) is 0 Å². The largest absolute Gasteiger partial charge is 0.313 e. The summed E-state index contributed by atoms with van der Waals surface area (Å²) in [6, 6.07) is 1.51. The average Bonchev–Trinajstić information content (AvgIpc) is 2.46. The first-order chi connectivity index (χ1) is 6.74. The maximum absolute atomic E-state index is 3.66. The number of hydrogen-bond acceptors (Lipinski definition) is 2. The van der Waals surface area contributed by atoms with Crippen LogP contribution in [0.15, 0.2) is 0 Å². The summed E-state index contributed by atoms with van der Waals surface area (Å²) in [7, 11) is 2.23. The van der Waals surface area contributed by atoms with Gasteiger partial charge in [0.25, 0.3) is 0 Å². The Balaban J connectivity index is 1.97. The molecule has 2 heteroatoms. The molecule has 0 aromatic carbocycles. The molecule has 1 aliphatic heterocycles. The van der Waals surface area contributed by atoms with Gasteiger partial charge in [0, 0.05) is 18.6 Å². The van der Waals surface area contributed by atoms with Crippen molar-refractivity contribution in [3.05, 3.63) is 0 Å². The van der Waals surface area contributed by atoms with Crippen LogP contribution in [0.3, 0.4) is 0 Å². The van der Waals surface area contributed by atoms with Gasteiger partial charge in [0.2, 0.25) is 0 Å². The average molecular weight is 198 g/mol. The van der Waals surface area contributed by atoms with Crippen molar-refractivity contribution in [1.29, 1.82) is 0 Å². The zero-order valence-electron chi connectivity index (χ0n) is 10.1. The van der Waals surface area contributed by atoms with Crippen LogP contribution in [0, 0.1) is 0 Å². The zero-order valence-corrected chi connectivity index (χ0v) is 10.1. The van der Waals surface area contributed by atoms with E-state index in [0.717, 1.165) is 12.1 Å². The van der Waals surface area contributed by atoms with Crippen LogP contribution < -0.4 is 5.32 Å². The van der Waals surface area contributed by atoms with Gasteiger partial charge in [-0.25, -0.2) is 0 Å². The number of rotatable bonds is 6. The van der Waals surface area contributed by atoms with E-state index >= 15 is 0 Å². The summed E-state index contributed by atoms with van der Waals surface area (Å²) < 4.78 is 0. The Bertz CT molecular complexity index is 137. The predicted octanol–water partition coefficient (Wildman–Crippen LogP) is 2.25. The molecule has 2 unspecified atom stereocenters. The summed E-state index contributed by atoms with van der Waals surface area (Å²) in [6.45, 7) is 7.03. The molecular formula is C12H26N2. The third-order valence-corrected chi connectivity index (χ3v) is 3.35. The van der Waals surface area contributed by atoms with Crippen molar-refractivity contribution in [3.8, 4) is 0 Å². The second-order valence-corrected chi connectivity index (χ2v) is 4.74. The normalized spacial score (nSPS) is 28.5. The first-order valence-corrected chi connectivity index (χ1v) is 6.17. The fourth-order valence-corrected chi connectivity index (χ4v) is 2.20. The van der Waals surface area contributed by atoms with E-state index in [-0.39, 0.29) is 0 Å². The smallest absolute Gasteiger partial charge is 0.0209 e. The summed E-state index contributed by atoms with van der Waals surface area (Å²) in [5.74, 6) is 0. The van der Waals surface area contributed by atoms with Crippen molar-refractivity contribution in [2.75, 3.05) is 20.1 Å². The summed E-state index contributed by atoms with van der Waals surface area (Å²) in [4.78, 5) is 2.45. The van der Waals surface area contributed by atoms with Crippen LogP contribution in [0.4, 0.5) is 0 Å². The van der Waals surface area contributed by atoms with Crippen molar-refractivity contribution in [1.82, 2.24) is 10.2 Å². The number of likely N-dealkylation sites (N-methyl/N-ethyl adjacent to an activating group) is 1. The minimum atomic E-state index is 0.747. The second kappa shape index (κ2) is 6.41. The zero-order chi connectivity index (χ0) is 10.4. The quantitative estimate of drug-likeness (QED) is 0.659. The molecule has 0 radical (unpaired) electrons. The molecule has 1 rings (SSSR count). The highest BCUT2D eigenvalue weighted by Gasteiger charge is 2.24. The van der Waals surface area contributed by atoms with Gasteiger partial charge in [0.15, 0.2) is 0 Å². The minimum Gasteiger partial charge on any atom is -0.313 e. The van der Waals surface area contributed by atoms with E-state index in [1.807, 2.05) is 0 Å². The molecule has 1 saturated heterocycles. The molecule has 1 N–H and O–H groups in total. The van der Waals surface area contributed by atoms with Crippen molar-refractivity contribution in [2.45, 2.75) is 58.0 Å². The molecule has 0 amide bonds. The van der Waals surface area contributed by atoms with E-state index in [1.54, 1.807) is 0 Å². The van der Waals surface area contributed by atoms with E-state index in [1.165, 1.54) is 45.2 Å². The molecule has 84 valence electrons. The molecular weight excluding hydrogens is 172 g/mol. The van der Waals surface area contributed by atoms with Crippen molar-refractivity contribution >= 4 is 0 Å². The third kappa shape index (κ3) is 3.97. The van der Waals surface area contributed by atoms with Gasteiger partial charge < -0.3 is 10.2 Å². The van der Waals surface area contributed by atoms with Gasteiger partial charge in [-0.2, -0.15) is 0 Å². The van der Waals surface area contributed by atoms with Crippen LogP contribution in [0.25, 0.3) is 0 Å². The fraction of sp³-hybridized carbons (Fsp3) is 1.00. The topological polar surface area (TPSA) is 15.3 Å². The Morgan fingerprint density at radius 2 is 2.07 bits per heavy atom. The van der Waals surface area contributed by atoms with Gasteiger partial charge in [-0.15, -0.1) is 0 Å². The van der Waals surface area contributed by atoms with E-state index in [2.05, 4.69) is 31.1 Å². The molecule has 2 nitrogen and oxygen atoms in total. The first-order valence-electron chi connectivity index (χ1n) is 6.17. The first kappa shape index (κ1) is 12.0. The van der Waals surface area contributed by atoms with E-state index in [9.17, 15) is 0 Å². The number of nitrogens with one attached hydrogen (secondary N) is 1. The number of unbranched alkanes of at least 4 members (excludes halogenated alkanes) is 3. The second-order valence-electron chi connectivity index (χ2n) is 4.74. The third-order valence-electron chi connectivity index (χ3n) is 3.35. The van der Waals surface area contributed by atoms with Crippen molar-refractivity contribution < 1.29 is 0 Å². The molecule has 0 aromatic rings. The molecule has 0 aromatic heterocycles. The summed E-state index contributed by atoms with van der Waals surface area (Å²) in [5.41, 5.74) is 0. The molecule has 1 fully saturated rings. The lowest BCUT2D eigenvalue weighted by molar-refractivity contribution is 0.326. The lowest BCUT2D eigenvalue weighted by atomic mass is 10.1. The van der Waals surface area contributed by atoms with Crippen LogP contribution in [0.5, 0.6) is 0 Å². The van der Waals surface area contributed by atoms with Gasteiger partial charge in [0.1, 0.15) is 0 Å². The molecule has 2 atom stereocenters. The highest BCUT2D eigenvalue weighted by atomic mass is 15.2. The molecule has 1 heterocycles. The lowest BCUT2D eigenvalue weighted by Crippen LogP contribution is -2.32. The van der Waals surface area contributed by atoms with Crippen LogP contribution in [-0.2, 0) is 0 Å². The van der Waals surface area contributed by atoms with E-state index < -0.39 is 0 Å². The standard InChI is InChI=1S/C12H26N2/c1-4-5-6-7-8-13-12-9-11(2)14(3)10-12/h11-13H,4-10H2,1-3H3. The predicted molar refractivity (Wildman–Crippen MR) is 62.6 cm³/mol. The number of nitrogens with zero attached hydrogens (tertiary/aromatic N) is 1.